The van der Waals surface area contributed by atoms with Crippen molar-refractivity contribution in [2.75, 3.05) is 0 Å². The molecule has 0 fully saturated rings. The van der Waals surface area contributed by atoms with Gasteiger partial charge >= 0.3 is 0 Å². The number of hydrogen-bond donors (Lipinski definition) is 5. The highest BCUT2D eigenvalue weighted by Crippen LogP contribution is 1.44. The Bertz CT molecular complexity index is 86.6. The van der Waals surface area contributed by atoms with E-state index in [2.05, 4.69) is 0 Å². The number of guanidine groups is 2. The lowest BCUT2D eigenvalue weighted by Gasteiger charge is -1.95. The van der Waals surface area contributed by atoms with E-state index in [-0.39, 0.29) is 29.3 Å². The summed E-state index contributed by atoms with van der Waals surface area (Å²) in [7, 11) is 0. The Morgan fingerprint density at radius 2 is 1.38 bits per heavy atom. The summed E-state index contributed by atoms with van der Waals surface area (Å²) >= 11 is 0. The predicted molar refractivity (Wildman–Crippen MR) is 36.9 cm³/mol. The molecule has 0 aliphatic rings. The van der Waals surface area contributed by atoms with Crippen LogP contribution in [0.4, 0.5) is 0 Å². The second-order valence-electron chi connectivity index (χ2n) is 0.952. The quantitative estimate of drug-likeness (QED) is 0.139. The highest BCUT2D eigenvalue weighted by Gasteiger charge is 1.83. The van der Waals surface area contributed by atoms with Crippen molar-refractivity contribution in [3.63, 3.8) is 0 Å². The van der Waals surface area contributed by atoms with Crippen LogP contribution in [0.25, 0.3) is 0 Å². The van der Waals surface area contributed by atoms with Crippen molar-refractivity contribution in [2.24, 2.45) is 11.5 Å². The molecule has 0 atom stereocenters. The van der Waals surface area contributed by atoms with Crippen LogP contribution in [0.1, 0.15) is 0 Å². The van der Waals surface area contributed by atoms with E-state index in [4.69, 9.17) is 22.3 Å². The third kappa shape index (κ3) is 8.99. The topological polar surface area (TPSA) is 112 Å². The zero-order valence-corrected chi connectivity index (χ0v) is 3.65. The Hall–Kier alpha value is -0.728. The molecule has 0 radical (unpaired) electrons. The van der Waals surface area contributed by atoms with E-state index in [0.29, 0.717) is 0 Å². The van der Waals surface area contributed by atoms with Gasteiger partial charge in [-0.15, -0.1) is 0 Å². The summed E-state index contributed by atoms with van der Waals surface area (Å²) < 4.78 is 0. The minimum atomic E-state index is -0.312. The molecule has 0 saturated carbocycles. The summed E-state index contributed by atoms with van der Waals surface area (Å²) in [6.45, 7) is 0. The summed E-state index contributed by atoms with van der Waals surface area (Å²) in [4.78, 5) is 0. The van der Waals surface area contributed by atoms with Crippen LogP contribution < -0.4 is 16.8 Å². The molecule has 0 heterocycles. The van der Waals surface area contributed by atoms with Gasteiger partial charge in [-0.3, -0.25) is 16.1 Å². The first-order chi connectivity index (χ1) is 3.13. The fraction of sp³-hybridized carbons (Fsp3) is 0. The van der Waals surface area contributed by atoms with Crippen LogP contribution in [0, 0.1) is 10.8 Å². The van der Waals surface area contributed by atoms with Gasteiger partial charge < -0.3 is 11.5 Å². The predicted octanol–water partition coefficient (Wildman–Crippen LogP) is -2.82. The molecule has 0 aromatic rings. The minimum Gasteiger partial charge on any atom is -0.370 e. The van der Waals surface area contributed by atoms with Crippen molar-refractivity contribution in [3.8, 4) is 0 Å². The van der Waals surface area contributed by atoms with Crippen LogP contribution >= 0.6 is 0 Å². The highest BCUT2D eigenvalue weighted by molar-refractivity contribution is 5.93. The number of rotatable bonds is 0. The Labute approximate surface area is 57.6 Å². The van der Waals surface area contributed by atoms with E-state index in [1.54, 1.807) is 0 Å². The molecular weight excluding hydrogens is 121 g/mol. The van der Waals surface area contributed by atoms with Crippen molar-refractivity contribution in [3.05, 3.63) is 0 Å². The van der Waals surface area contributed by atoms with E-state index in [1.165, 1.54) is 0 Å². The molecule has 0 bridgehead atoms. The van der Waals surface area contributed by atoms with Crippen LogP contribution in [-0.2, 0) is 0 Å². The second kappa shape index (κ2) is 4.43. The average molecular weight is 131 g/mol. The van der Waals surface area contributed by atoms with Crippen LogP contribution in [-0.4, -0.2) is 29.3 Å². The van der Waals surface area contributed by atoms with Crippen LogP contribution in [0.3, 0.4) is 0 Å². The van der Waals surface area contributed by atoms with E-state index >= 15 is 0 Å². The first-order valence-electron chi connectivity index (χ1n) is 1.58. The lowest BCUT2D eigenvalue weighted by Crippen LogP contribution is -2.39. The monoisotopic (exact) mass is 131 g/mol. The number of nitrogens with one attached hydrogen (secondary N) is 3. The van der Waals surface area contributed by atoms with E-state index in [1.807, 2.05) is 5.32 Å². The number of nitrogens with two attached hydrogens (primary N) is 2. The largest absolute Gasteiger partial charge is 0.370 e. The van der Waals surface area contributed by atoms with Gasteiger partial charge in [0.15, 0.2) is 29.3 Å². The third-order valence-corrected chi connectivity index (χ3v) is 0.269. The van der Waals surface area contributed by atoms with Crippen molar-refractivity contribution in [1.29, 1.82) is 10.8 Å². The molecule has 0 aromatic heterocycles. The maximum atomic E-state index is 6.47. The molecule has 6 heteroatoms. The van der Waals surface area contributed by atoms with E-state index in [9.17, 15) is 0 Å². The molecule has 0 amide bonds. The van der Waals surface area contributed by atoms with Gasteiger partial charge in [0.25, 0.3) is 0 Å². The molecule has 8 heavy (non-hydrogen) atoms. The highest BCUT2D eigenvalue weighted by atomic mass is 27.0. The van der Waals surface area contributed by atoms with Crippen molar-refractivity contribution in [2.45, 2.75) is 0 Å². The molecule has 0 unspecified atom stereocenters. The van der Waals surface area contributed by atoms with Gasteiger partial charge in [-0.2, -0.15) is 0 Å². The molecule has 0 spiro atoms. The van der Waals surface area contributed by atoms with E-state index < -0.39 is 0 Å². The van der Waals surface area contributed by atoms with Gasteiger partial charge in [-0.1, -0.05) is 0 Å². The fourth-order valence-electron chi connectivity index (χ4n) is 0.145. The molecular formula is C2H10AlN5. The normalized spacial score (nSPS) is 6.50. The Balaban J connectivity index is 0. The van der Waals surface area contributed by atoms with Gasteiger partial charge in [-0.25, -0.2) is 0 Å². The summed E-state index contributed by atoms with van der Waals surface area (Å²) in [5.74, 6) is -0.625. The molecule has 0 aromatic carbocycles. The lowest BCUT2D eigenvalue weighted by molar-refractivity contribution is 1.19. The van der Waals surface area contributed by atoms with Crippen molar-refractivity contribution >= 4 is 29.3 Å². The Morgan fingerprint density at radius 1 is 1.12 bits per heavy atom. The minimum absolute atomic E-state index is 0. The van der Waals surface area contributed by atoms with E-state index in [0.717, 1.165) is 0 Å². The Kier molecular flexibility index (Phi) is 5.70. The first kappa shape index (κ1) is 10.3. The van der Waals surface area contributed by atoms with Crippen LogP contribution in [0.5, 0.6) is 0 Å². The van der Waals surface area contributed by atoms with Gasteiger partial charge in [-0.05, 0) is 0 Å². The van der Waals surface area contributed by atoms with Crippen molar-refractivity contribution in [1.82, 2.24) is 5.32 Å². The van der Waals surface area contributed by atoms with Gasteiger partial charge in [0.2, 0.25) is 0 Å². The summed E-state index contributed by atoms with van der Waals surface area (Å²) in [6.07, 6.45) is 0. The summed E-state index contributed by atoms with van der Waals surface area (Å²) in [6, 6.07) is 0. The Morgan fingerprint density at radius 3 is 1.38 bits per heavy atom. The van der Waals surface area contributed by atoms with Crippen LogP contribution in [0.15, 0.2) is 0 Å². The molecule has 5 nitrogen and oxygen atoms in total. The van der Waals surface area contributed by atoms with Gasteiger partial charge in [0, 0.05) is 0 Å². The van der Waals surface area contributed by atoms with Crippen LogP contribution in [0.2, 0.25) is 0 Å². The average Bonchev–Trinajstić information content (AvgIpc) is 1.27. The molecule has 0 rings (SSSR count). The SMILES string of the molecule is N=C(N)NC(=N)N.[AlH3]. The molecule has 0 aliphatic carbocycles. The molecule has 46 valence electrons. The summed E-state index contributed by atoms with van der Waals surface area (Å²) in [5.41, 5.74) is 9.49. The third-order valence-electron chi connectivity index (χ3n) is 0.269. The number of hydrogen-bond acceptors (Lipinski definition) is 2. The van der Waals surface area contributed by atoms with Gasteiger partial charge in [0.05, 0.1) is 0 Å². The standard InChI is InChI=1S/C2H7N5.Al.3H/c3-1(4)7-2(5)6;;;;/h(H7,3,4,5,6,7);;;;. The molecule has 0 aliphatic heterocycles. The second-order valence-corrected chi connectivity index (χ2v) is 0.952. The first-order valence-corrected chi connectivity index (χ1v) is 1.58. The lowest BCUT2D eigenvalue weighted by atomic mass is 10.9. The van der Waals surface area contributed by atoms with Gasteiger partial charge in [0.1, 0.15) is 0 Å². The summed E-state index contributed by atoms with van der Waals surface area (Å²) in [5, 5.41) is 15.0. The maximum Gasteiger partial charge on any atom is 0.192 e. The molecule has 0 saturated heterocycles. The zero-order chi connectivity index (χ0) is 5.86. The zero-order valence-electron chi connectivity index (χ0n) is 3.65. The van der Waals surface area contributed by atoms with Crippen molar-refractivity contribution < 1.29 is 0 Å². The smallest absolute Gasteiger partial charge is 0.192 e. The maximum absolute atomic E-state index is 6.47. The molecule has 7 N–H and O–H groups in total. The fourth-order valence-corrected chi connectivity index (χ4v) is 0.145.